The number of nitrogens with zero attached hydrogens (tertiary/aromatic N) is 4. The number of ketones is 1. The number of hydrogen-bond acceptors (Lipinski definition) is 6. The van der Waals surface area contributed by atoms with Crippen molar-refractivity contribution in [2.45, 2.75) is 13.5 Å². The number of rotatable bonds is 7. The average molecular weight is 443 g/mol. The van der Waals surface area contributed by atoms with Crippen LogP contribution in [0.3, 0.4) is 0 Å². The monoisotopic (exact) mass is 443 g/mol. The Labute approximate surface area is 189 Å². The molecule has 4 aromatic rings. The number of ether oxygens (including phenoxy) is 1. The fourth-order valence-corrected chi connectivity index (χ4v) is 3.26. The summed E-state index contributed by atoms with van der Waals surface area (Å²) in [5, 5.41) is 11.8. The predicted octanol–water partition coefficient (Wildman–Crippen LogP) is 3.55. The van der Waals surface area contributed by atoms with Gasteiger partial charge in [-0.05, 0) is 42.0 Å². The Hall–Kier alpha value is -4.53. The molecular formula is C24H21N5O4. The Bertz CT molecular complexity index is 1300. The number of hydrogen-bond donors (Lipinski definition) is 1. The molecule has 0 atom stereocenters. The zero-order valence-electron chi connectivity index (χ0n) is 17.8. The minimum absolute atomic E-state index is 0.0254. The summed E-state index contributed by atoms with van der Waals surface area (Å²) in [5.74, 6) is -0.716. The quantitative estimate of drug-likeness (QED) is 0.438. The Morgan fingerprint density at radius 2 is 1.64 bits per heavy atom. The van der Waals surface area contributed by atoms with E-state index in [1.807, 2.05) is 30.3 Å². The van der Waals surface area contributed by atoms with Crippen molar-refractivity contribution in [3.8, 4) is 0 Å². The molecule has 1 heterocycles. The molecule has 0 aliphatic heterocycles. The highest BCUT2D eigenvalue weighted by Crippen LogP contribution is 2.16. The van der Waals surface area contributed by atoms with Gasteiger partial charge in [0.15, 0.2) is 5.78 Å². The smallest absolute Gasteiger partial charge is 0.431 e. The van der Waals surface area contributed by atoms with Crippen LogP contribution >= 0.6 is 0 Å². The number of carbonyl (C=O) groups excluding carboxylic acids is 3. The van der Waals surface area contributed by atoms with Crippen molar-refractivity contribution >= 4 is 34.5 Å². The molecule has 0 saturated heterocycles. The lowest BCUT2D eigenvalue weighted by Crippen LogP contribution is -2.46. The molecule has 0 fully saturated rings. The Morgan fingerprint density at radius 1 is 0.939 bits per heavy atom. The van der Waals surface area contributed by atoms with Gasteiger partial charge in [-0.3, -0.25) is 9.59 Å². The van der Waals surface area contributed by atoms with E-state index in [1.165, 1.54) is 11.7 Å². The van der Waals surface area contributed by atoms with Gasteiger partial charge in [0.25, 0.3) is 0 Å². The second-order valence-corrected chi connectivity index (χ2v) is 7.22. The van der Waals surface area contributed by atoms with Crippen LogP contribution in [0.25, 0.3) is 11.0 Å². The highest BCUT2D eigenvalue weighted by Gasteiger charge is 2.24. The van der Waals surface area contributed by atoms with Crippen LogP contribution < -0.4 is 10.3 Å². The molecule has 1 N–H and O–H groups in total. The van der Waals surface area contributed by atoms with E-state index in [9.17, 15) is 14.4 Å². The average Bonchev–Trinajstić information content (AvgIpc) is 3.26. The SMILES string of the molecule is CC(=O)c1ccccc1NC(=O)CN(C(=O)OCc1ccccc1)n1nnc2ccccc21. The summed E-state index contributed by atoms with van der Waals surface area (Å²) >= 11 is 0. The largest absolute Gasteiger partial charge is 0.443 e. The topological polar surface area (TPSA) is 106 Å². The number of anilines is 1. The molecule has 9 heteroatoms. The summed E-state index contributed by atoms with van der Waals surface area (Å²) in [7, 11) is 0. The first-order valence-corrected chi connectivity index (χ1v) is 10.2. The van der Waals surface area contributed by atoms with Crippen molar-refractivity contribution in [3.05, 3.63) is 90.0 Å². The zero-order valence-corrected chi connectivity index (χ0v) is 17.8. The van der Waals surface area contributed by atoms with Crippen LogP contribution in [0.15, 0.2) is 78.9 Å². The van der Waals surface area contributed by atoms with Gasteiger partial charge in [0.1, 0.15) is 24.2 Å². The molecule has 0 radical (unpaired) electrons. The normalized spacial score (nSPS) is 10.6. The molecule has 33 heavy (non-hydrogen) atoms. The van der Waals surface area contributed by atoms with Crippen LogP contribution in [0.4, 0.5) is 10.5 Å². The maximum Gasteiger partial charge on any atom is 0.431 e. The Kier molecular flexibility index (Phi) is 6.40. The maximum atomic E-state index is 13.0. The maximum absolute atomic E-state index is 13.0. The van der Waals surface area contributed by atoms with Crippen LogP contribution in [0.2, 0.25) is 0 Å². The van der Waals surface area contributed by atoms with Crippen molar-refractivity contribution in [1.82, 2.24) is 15.1 Å². The summed E-state index contributed by atoms with van der Waals surface area (Å²) < 4.78 is 5.44. The van der Waals surface area contributed by atoms with Gasteiger partial charge in [-0.1, -0.05) is 54.6 Å². The number of para-hydroxylation sites is 2. The molecule has 0 saturated carbocycles. The first-order valence-electron chi connectivity index (χ1n) is 10.2. The van der Waals surface area contributed by atoms with Crippen LogP contribution in [-0.2, 0) is 16.1 Å². The molecule has 0 bridgehead atoms. The van der Waals surface area contributed by atoms with E-state index < -0.39 is 18.5 Å². The number of Topliss-reactive ketones (excluding diaryl/α,β-unsaturated/α-hetero) is 1. The van der Waals surface area contributed by atoms with E-state index >= 15 is 0 Å². The highest BCUT2D eigenvalue weighted by atomic mass is 16.6. The molecule has 166 valence electrons. The van der Waals surface area contributed by atoms with E-state index in [2.05, 4.69) is 15.6 Å². The lowest BCUT2D eigenvalue weighted by atomic mass is 10.1. The summed E-state index contributed by atoms with van der Waals surface area (Å²) in [6.45, 7) is 1.03. The van der Waals surface area contributed by atoms with Gasteiger partial charge in [-0.15, -0.1) is 9.89 Å². The molecule has 3 aromatic carbocycles. The third kappa shape index (κ3) is 5.04. The van der Waals surface area contributed by atoms with E-state index in [0.717, 1.165) is 10.6 Å². The Morgan fingerprint density at radius 3 is 2.42 bits per heavy atom. The van der Waals surface area contributed by atoms with Gasteiger partial charge < -0.3 is 10.1 Å². The minimum atomic E-state index is -0.774. The summed E-state index contributed by atoms with van der Waals surface area (Å²) in [6, 6.07) is 22.9. The number of amides is 2. The molecule has 0 spiro atoms. The summed E-state index contributed by atoms with van der Waals surface area (Å²) in [4.78, 5) is 39.0. The third-order valence-corrected chi connectivity index (χ3v) is 4.85. The molecule has 0 aliphatic carbocycles. The van der Waals surface area contributed by atoms with E-state index in [-0.39, 0.29) is 12.4 Å². The van der Waals surface area contributed by atoms with Crippen LogP contribution in [0, 0.1) is 0 Å². The standard InChI is InChI=1S/C24H21N5O4/c1-17(30)19-11-5-6-12-20(19)25-23(31)15-28(24(32)33-16-18-9-3-2-4-10-18)29-22-14-8-7-13-21(22)26-27-29/h2-14H,15-16H2,1H3,(H,25,31). The molecule has 1 aromatic heterocycles. The molecule has 0 aliphatic rings. The van der Waals surface area contributed by atoms with Crippen molar-refractivity contribution in [1.29, 1.82) is 0 Å². The van der Waals surface area contributed by atoms with Gasteiger partial charge in [0.05, 0.1) is 5.69 Å². The summed E-state index contributed by atoms with van der Waals surface area (Å²) in [5.41, 5.74) is 2.62. The van der Waals surface area contributed by atoms with E-state index in [0.29, 0.717) is 22.3 Å². The van der Waals surface area contributed by atoms with E-state index in [1.54, 1.807) is 48.5 Å². The van der Waals surface area contributed by atoms with Crippen molar-refractivity contribution in [2.24, 2.45) is 0 Å². The number of aromatic nitrogens is 3. The van der Waals surface area contributed by atoms with Crippen LogP contribution in [-0.4, -0.2) is 39.4 Å². The fourth-order valence-electron chi connectivity index (χ4n) is 3.26. The number of fused-ring (bicyclic) bond motifs is 1. The molecule has 0 unspecified atom stereocenters. The zero-order chi connectivity index (χ0) is 23.2. The van der Waals surface area contributed by atoms with Gasteiger partial charge in [-0.25, -0.2) is 4.79 Å². The van der Waals surface area contributed by atoms with Crippen LogP contribution in [0.5, 0.6) is 0 Å². The van der Waals surface area contributed by atoms with Crippen molar-refractivity contribution in [2.75, 3.05) is 16.9 Å². The third-order valence-electron chi connectivity index (χ3n) is 4.85. The molecule has 4 rings (SSSR count). The molecular weight excluding hydrogens is 422 g/mol. The predicted molar refractivity (Wildman–Crippen MR) is 122 cm³/mol. The first kappa shape index (κ1) is 21.7. The molecule has 9 nitrogen and oxygen atoms in total. The van der Waals surface area contributed by atoms with Crippen molar-refractivity contribution in [3.63, 3.8) is 0 Å². The van der Waals surface area contributed by atoms with Gasteiger partial charge in [0.2, 0.25) is 5.91 Å². The van der Waals surface area contributed by atoms with Crippen molar-refractivity contribution < 1.29 is 19.1 Å². The number of nitrogens with one attached hydrogen (secondary N) is 1. The Balaban J connectivity index is 1.58. The second kappa shape index (κ2) is 9.73. The van der Waals surface area contributed by atoms with Gasteiger partial charge in [0, 0.05) is 5.56 Å². The summed E-state index contributed by atoms with van der Waals surface area (Å²) in [6.07, 6.45) is -0.774. The second-order valence-electron chi connectivity index (χ2n) is 7.22. The van der Waals surface area contributed by atoms with Gasteiger partial charge >= 0.3 is 6.09 Å². The highest BCUT2D eigenvalue weighted by molar-refractivity contribution is 6.05. The fraction of sp³-hybridized carbons (Fsp3) is 0.125. The first-order chi connectivity index (χ1) is 16.0. The van der Waals surface area contributed by atoms with E-state index in [4.69, 9.17) is 4.74 Å². The lowest BCUT2D eigenvalue weighted by Gasteiger charge is -2.21. The van der Waals surface area contributed by atoms with Crippen LogP contribution in [0.1, 0.15) is 22.8 Å². The molecule has 2 amide bonds. The number of carbonyl (C=O) groups is 3. The lowest BCUT2D eigenvalue weighted by molar-refractivity contribution is -0.115. The van der Waals surface area contributed by atoms with Gasteiger partial charge in [-0.2, -0.15) is 5.01 Å². The minimum Gasteiger partial charge on any atom is -0.443 e. The number of benzene rings is 3.